The maximum Gasteiger partial charge on any atom is 0.123 e. The highest BCUT2D eigenvalue weighted by Crippen LogP contribution is 2.40. The van der Waals surface area contributed by atoms with Gasteiger partial charge in [-0.3, -0.25) is 0 Å². The minimum Gasteiger partial charge on any atom is -0.488 e. The average Bonchev–Trinajstić information content (AvgIpc) is 3.00. The number of rotatable bonds is 4. The molecule has 2 atom stereocenters. The zero-order chi connectivity index (χ0) is 14.1. The number of para-hydroxylation sites is 1. The van der Waals surface area contributed by atoms with Crippen molar-refractivity contribution in [2.45, 2.75) is 25.5 Å². The Balaban J connectivity index is 1.86. The topological polar surface area (TPSA) is 21.3 Å². The van der Waals surface area contributed by atoms with Gasteiger partial charge < -0.3 is 10.1 Å². The largest absolute Gasteiger partial charge is 0.488 e. The van der Waals surface area contributed by atoms with Gasteiger partial charge in [0.1, 0.15) is 11.9 Å². The van der Waals surface area contributed by atoms with E-state index in [9.17, 15) is 0 Å². The molecule has 1 aliphatic heterocycles. The first-order chi connectivity index (χ1) is 9.69. The summed E-state index contributed by atoms with van der Waals surface area (Å²) in [7, 11) is 0. The molecule has 1 aliphatic rings. The van der Waals surface area contributed by atoms with Gasteiger partial charge in [0.25, 0.3) is 0 Å². The van der Waals surface area contributed by atoms with Gasteiger partial charge >= 0.3 is 0 Å². The molecule has 106 valence electrons. The number of fused-ring (bicyclic) bond motifs is 1. The molecule has 2 heterocycles. The van der Waals surface area contributed by atoms with Crippen LogP contribution in [0.1, 0.15) is 23.4 Å². The van der Waals surface area contributed by atoms with E-state index >= 15 is 0 Å². The summed E-state index contributed by atoms with van der Waals surface area (Å²) in [6.45, 7) is 3.06. The molecular formula is C15H15Br2NOS. The van der Waals surface area contributed by atoms with E-state index in [-0.39, 0.29) is 12.1 Å². The number of ether oxygens (including phenoxy) is 1. The molecule has 1 aromatic carbocycles. The minimum absolute atomic E-state index is 0.157. The second-order valence-corrected chi connectivity index (χ2v) is 8.03. The number of nitrogens with one attached hydrogen (secondary N) is 1. The van der Waals surface area contributed by atoms with Gasteiger partial charge in [0.05, 0.1) is 9.83 Å². The van der Waals surface area contributed by atoms with Crippen LogP contribution in [0.25, 0.3) is 0 Å². The van der Waals surface area contributed by atoms with Crippen LogP contribution in [-0.4, -0.2) is 12.6 Å². The SMILES string of the molecule is CCNC(c1cc(Br)c(Br)s1)C1Cc2ccccc2O1. The first-order valence-electron chi connectivity index (χ1n) is 6.61. The van der Waals surface area contributed by atoms with Crippen molar-refractivity contribution in [2.24, 2.45) is 0 Å². The molecule has 0 aliphatic carbocycles. The summed E-state index contributed by atoms with van der Waals surface area (Å²) in [6, 6.07) is 10.7. The Hall–Kier alpha value is -0.360. The molecule has 1 aromatic heterocycles. The number of likely N-dealkylation sites (N-methyl/N-ethyl adjacent to an activating group) is 1. The molecule has 0 spiro atoms. The Bertz CT molecular complexity index is 569. The summed E-state index contributed by atoms with van der Waals surface area (Å²) in [4.78, 5) is 1.29. The van der Waals surface area contributed by atoms with Gasteiger partial charge in [-0.2, -0.15) is 0 Å². The molecule has 2 aromatic rings. The van der Waals surface area contributed by atoms with Crippen LogP contribution in [0.15, 0.2) is 38.6 Å². The van der Waals surface area contributed by atoms with Crippen molar-refractivity contribution in [3.8, 4) is 5.75 Å². The van der Waals surface area contributed by atoms with Gasteiger partial charge in [0.2, 0.25) is 0 Å². The van der Waals surface area contributed by atoms with Crippen molar-refractivity contribution in [1.29, 1.82) is 0 Å². The van der Waals surface area contributed by atoms with Crippen LogP contribution in [-0.2, 0) is 6.42 Å². The monoisotopic (exact) mass is 415 g/mol. The van der Waals surface area contributed by atoms with Gasteiger partial charge in [-0.25, -0.2) is 0 Å². The third kappa shape index (κ3) is 2.82. The lowest BCUT2D eigenvalue weighted by Gasteiger charge is -2.23. The van der Waals surface area contributed by atoms with Crippen LogP contribution in [0.4, 0.5) is 0 Å². The van der Waals surface area contributed by atoms with Crippen molar-refractivity contribution in [2.75, 3.05) is 6.54 Å². The summed E-state index contributed by atoms with van der Waals surface area (Å²) >= 11 is 8.90. The molecule has 0 bridgehead atoms. The molecular weight excluding hydrogens is 402 g/mol. The molecule has 0 amide bonds. The smallest absolute Gasteiger partial charge is 0.123 e. The fourth-order valence-corrected chi connectivity index (χ4v) is 4.76. The second kappa shape index (κ2) is 6.18. The fourth-order valence-electron chi connectivity index (χ4n) is 2.55. The van der Waals surface area contributed by atoms with Gasteiger partial charge in [-0.1, -0.05) is 25.1 Å². The van der Waals surface area contributed by atoms with Crippen LogP contribution < -0.4 is 10.1 Å². The highest BCUT2D eigenvalue weighted by molar-refractivity contribution is 9.13. The van der Waals surface area contributed by atoms with Crippen LogP contribution in [0.3, 0.4) is 0 Å². The standard InChI is InChI=1S/C15H15Br2NOS/c1-2-18-14(13-8-10(16)15(17)20-13)12-7-9-5-3-4-6-11(9)19-12/h3-6,8,12,14,18H,2,7H2,1H3. The van der Waals surface area contributed by atoms with E-state index in [0.717, 1.165) is 27.0 Å². The third-order valence-electron chi connectivity index (χ3n) is 3.44. The summed E-state index contributed by atoms with van der Waals surface area (Å²) in [5.41, 5.74) is 1.30. The number of thiophene rings is 1. The molecule has 0 saturated carbocycles. The Morgan fingerprint density at radius 3 is 2.85 bits per heavy atom. The van der Waals surface area contributed by atoms with E-state index in [1.165, 1.54) is 10.4 Å². The van der Waals surface area contributed by atoms with Gasteiger partial charge in [0.15, 0.2) is 0 Å². The molecule has 2 unspecified atom stereocenters. The van der Waals surface area contributed by atoms with Gasteiger partial charge in [-0.15, -0.1) is 11.3 Å². The maximum atomic E-state index is 6.14. The van der Waals surface area contributed by atoms with E-state index in [1.54, 1.807) is 11.3 Å². The molecule has 20 heavy (non-hydrogen) atoms. The van der Waals surface area contributed by atoms with Crippen molar-refractivity contribution in [3.05, 3.63) is 49.0 Å². The quantitative estimate of drug-likeness (QED) is 0.762. The van der Waals surface area contributed by atoms with E-state index in [2.05, 4.69) is 68.4 Å². The lowest BCUT2D eigenvalue weighted by Crippen LogP contribution is -2.34. The summed E-state index contributed by atoms with van der Waals surface area (Å²) in [5, 5.41) is 3.56. The lowest BCUT2D eigenvalue weighted by atomic mass is 10.0. The number of benzene rings is 1. The second-order valence-electron chi connectivity index (χ2n) is 4.77. The maximum absolute atomic E-state index is 6.14. The van der Waals surface area contributed by atoms with E-state index in [4.69, 9.17) is 4.74 Å². The predicted molar refractivity (Wildman–Crippen MR) is 90.7 cm³/mol. The van der Waals surface area contributed by atoms with Crippen molar-refractivity contribution < 1.29 is 4.74 Å². The summed E-state index contributed by atoms with van der Waals surface area (Å²) in [5.74, 6) is 1.02. The zero-order valence-corrected chi connectivity index (χ0v) is 15.0. The number of halogens is 2. The molecule has 0 radical (unpaired) electrons. The normalized spacial score (nSPS) is 18.6. The third-order valence-corrected chi connectivity index (χ3v) is 6.78. The van der Waals surface area contributed by atoms with Crippen LogP contribution in [0.2, 0.25) is 0 Å². The van der Waals surface area contributed by atoms with E-state index < -0.39 is 0 Å². The molecule has 1 N–H and O–H groups in total. The Morgan fingerprint density at radius 2 is 2.20 bits per heavy atom. The first-order valence-corrected chi connectivity index (χ1v) is 9.02. The average molecular weight is 417 g/mol. The van der Waals surface area contributed by atoms with Crippen molar-refractivity contribution in [3.63, 3.8) is 0 Å². The Kier molecular flexibility index (Phi) is 4.50. The van der Waals surface area contributed by atoms with Crippen LogP contribution in [0.5, 0.6) is 5.75 Å². The molecule has 0 saturated heterocycles. The zero-order valence-electron chi connectivity index (χ0n) is 11.0. The summed E-state index contributed by atoms with van der Waals surface area (Å²) in [6.07, 6.45) is 1.12. The Morgan fingerprint density at radius 1 is 1.40 bits per heavy atom. The van der Waals surface area contributed by atoms with Gasteiger partial charge in [0, 0.05) is 15.8 Å². The number of hydrogen-bond acceptors (Lipinski definition) is 3. The van der Waals surface area contributed by atoms with Crippen LogP contribution >= 0.6 is 43.2 Å². The highest BCUT2D eigenvalue weighted by Gasteiger charge is 2.32. The predicted octanol–water partition coefficient (Wildman–Crippen LogP) is 4.93. The van der Waals surface area contributed by atoms with Crippen molar-refractivity contribution >= 4 is 43.2 Å². The highest BCUT2D eigenvalue weighted by atomic mass is 79.9. The lowest BCUT2D eigenvalue weighted by molar-refractivity contribution is 0.181. The minimum atomic E-state index is 0.157. The van der Waals surface area contributed by atoms with E-state index in [1.807, 2.05) is 6.07 Å². The molecule has 3 rings (SSSR count). The fraction of sp³-hybridized carbons (Fsp3) is 0.333. The Labute approximate surface area is 139 Å². The molecule has 5 heteroatoms. The first kappa shape index (κ1) is 14.6. The van der Waals surface area contributed by atoms with Gasteiger partial charge in [-0.05, 0) is 56.1 Å². The molecule has 0 fully saturated rings. The van der Waals surface area contributed by atoms with Crippen LogP contribution in [0, 0.1) is 0 Å². The molecule has 2 nitrogen and oxygen atoms in total. The van der Waals surface area contributed by atoms with E-state index in [0.29, 0.717) is 0 Å². The number of hydrogen-bond donors (Lipinski definition) is 1. The summed E-state index contributed by atoms with van der Waals surface area (Å²) < 4.78 is 8.38. The van der Waals surface area contributed by atoms with Crippen molar-refractivity contribution in [1.82, 2.24) is 5.32 Å².